The molecule has 0 aromatic carbocycles. The van der Waals surface area contributed by atoms with Gasteiger partial charge in [-0.1, -0.05) is 12.2 Å². The third kappa shape index (κ3) is 4.66. The van der Waals surface area contributed by atoms with E-state index in [4.69, 9.17) is 26.8 Å². The molecule has 2 aromatic heterocycles. The lowest BCUT2D eigenvalue weighted by Crippen LogP contribution is -2.23. The Morgan fingerprint density at radius 1 is 1.20 bits per heavy atom. The van der Waals surface area contributed by atoms with Gasteiger partial charge < -0.3 is 9.47 Å². The fourth-order valence-electron chi connectivity index (χ4n) is 4.52. The van der Waals surface area contributed by atoms with Crippen LogP contribution >= 0.6 is 12.2 Å². The van der Waals surface area contributed by atoms with Crippen LogP contribution in [-0.2, 0) is 11.3 Å². The van der Waals surface area contributed by atoms with Crippen molar-refractivity contribution in [1.82, 2.24) is 19.2 Å². The van der Waals surface area contributed by atoms with Crippen molar-refractivity contribution in [3.05, 3.63) is 16.7 Å². The maximum atomic E-state index is 13.6. The van der Waals surface area contributed by atoms with Gasteiger partial charge in [0.05, 0.1) is 12.8 Å². The van der Waals surface area contributed by atoms with Crippen LogP contribution in [0.3, 0.4) is 0 Å². The topological polar surface area (TPSA) is 53.6 Å². The minimum Gasteiger partial charge on any atom is -0.463 e. The summed E-state index contributed by atoms with van der Waals surface area (Å²) in [7, 11) is 0. The van der Waals surface area contributed by atoms with Crippen LogP contribution in [0, 0.1) is 10.6 Å². The van der Waals surface area contributed by atoms with E-state index in [2.05, 4.69) is 4.98 Å². The molecule has 0 N–H and O–H groups in total. The van der Waals surface area contributed by atoms with E-state index in [-0.39, 0.29) is 18.8 Å². The van der Waals surface area contributed by atoms with Crippen LogP contribution in [0.15, 0.2) is 6.20 Å². The van der Waals surface area contributed by atoms with Crippen LogP contribution in [0.25, 0.3) is 5.52 Å². The average Bonchev–Trinajstić information content (AvgIpc) is 3.15. The summed E-state index contributed by atoms with van der Waals surface area (Å²) in [5, 5.41) is 4.76. The number of aromatic nitrogens is 4. The highest BCUT2D eigenvalue weighted by Crippen LogP contribution is 2.33. The Labute approximate surface area is 180 Å². The summed E-state index contributed by atoms with van der Waals surface area (Å²) in [5.41, 5.74) is 0.814. The Morgan fingerprint density at radius 3 is 2.57 bits per heavy atom. The van der Waals surface area contributed by atoms with Gasteiger partial charge in [-0.15, -0.1) is 5.10 Å². The number of rotatable bonds is 5. The maximum Gasteiger partial charge on any atom is 0.315 e. The van der Waals surface area contributed by atoms with E-state index in [0.29, 0.717) is 42.6 Å². The summed E-state index contributed by atoms with van der Waals surface area (Å²) in [6.45, 7) is 4.58. The Balaban J connectivity index is 1.54. The molecule has 1 aliphatic carbocycles. The third-order valence-corrected chi connectivity index (χ3v) is 6.74. The van der Waals surface area contributed by atoms with Crippen molar-refractivity contribution in [2.24, 2.45) is 5.92 Å². The molecule has 3 heterocycles. The molecule has 166 valence electrons. The van der Waals surface area contributed by atoms with Crippen LogP contribution < -0.4 is 4.74 Å². The average molecular weight is 441 g/mol. The molecular weight excluding hydrogens is 410 g/mol. The molecule has 0 radical (unpaired) electrons. The molecular formula is C21H30F2N4O2S. The first-order valence-electron chi connectivity index (χ1n) is 11.1. The fourth-order valence-corrected chi connectivity index (χ4v) is 4.87. The van der Waals surface area contributed by atoms with Gasteiger partial charge in [0.15, 0.2) is 0 Å². The zero-order valence-electron chi connectivity index (χ0n) is 17.5. The van der Waals surface area contributed by atoms with Crippen LogP contribution in [-0.4, -0.2) is 44.9 Å². The monoisotopic (exact) mass is 440 g/mol. The van der Waals surface area contributed by atoms with E-state index >= 15 is 0 Å². The zero-order valence-corrected chi connectivity index (χ0v) is 18.3. The van der Waals surface area contributed by atoms with E-state index in [9.17, 15) is 8.78 Å². The van der Waals surface area contributed by atoms with Gasteiger partial charge in [-0.3, -0.25) is 4.57 Å². The number of nitrogens with zero attached hydrogens (tertiary/aromatic N) is 4. The highest BCUT2D eigenvalue weighted by molar-refractivity contribution is 7.71. The zero-order chi connectivity index (χ0) is 21.1. The maximum absolute atomic E-state index is 13.6. The predicted molar refractivity (Wildman–Crippen MR) is 112 cm³/mol. The number of hydrogen-bond donors (Lipinski definition) is 0. The summed E-state index contributed by atoms with van der Waals surface area (Å²) in [6.07, 6.45) is 6.15. The molecule has 2 aliphatic rings. The molecule has 1 saturated heterocycles. The molecule has 2 fully saturated rings. The summed E-state index contributed by atoms with van der Waals surface area (Å²) in [4.78, 5) is 4.62. The number of fused-ring (bicyclic) bond motifs is 1. The molecule has 6 nitrogen and oxygen atoms in total. The number of ether oxygens (including phenoxy) is 2. The summed E-state index contributed by atoms with van der Waals surface area (Å²) < 4.78 is 43.2. The minimum atomic E-state index is -2.51. The SMILES string of the molecule is CCn1c(OCC2CCCC(F)(F)CCC2)nn2c(C3CCOCC3)ncc2c1=S. The second kappa shape index (κ2) is 9.26. The van der Waals surface area contributed by atoms with Crippen LogP contribution in [0.1, 0.15) is 70.0 Å². The molecule has 0 spiro atoms. The van der Waals surface area contributed by atoms with Gasteiger partial charge in [0.1, 0.15) is 16.0 Å². The van der Waals surface area contributed by atoms with Crippen molar-refractivity contribution < 1.29 is 18.3 Å². The van der Waals surface area contributed by atoms with E-state index in [1.165, 1.54) is 0 Å². The summed E-state index contributed by atoms with van der Waals surface area (Å²) >= 11 is 5.70. The second-order valence-corrected chi connectivity index (χ2v) is 8.84. The number of hydrogen-bond acceptors (Lipinski definition) is 5. The normalized spacial score (nSPS) is 21.4. The molecule has 1 saturated carbocycles. The first-order chi connectivity index (χ1) is 14.5. The molecule has 0 unspecified atom stereocenters. The van der Waals surface area contributed by atoms with Crippen LogP contribution in [0.4, 0.5) is 8.78 Å². The van der Waals surface area contributed by atoms with Gasteiger partial charge >= 0.3 is 6.01 Å². The standard InChI is InChI=1S/C21H30F2N4O2S/c1-2-26-19(30)17-13-24-18(16-7-11-28-12-8-16)27(17)25-20(26)29-14-15-5-3-9-21(22,23)10-4-6-15/h13,15-16H,2-12,14H2,1H3. The van der Waals surface area contributed by atoms with Gasteiger partial charge in [-0.05, 0) is 51.4 Å². The van der Waals surface area contributed by atoms with E-state index in [1.807, 2.05) is 16.0 Å². The van der Waals surface area contributed by atoms with Crippen molar-refractivity contribution in [3.8, 4) is 6.01 Å². The highest BCUT2D eigenvalue weighted by atomic mass is 32.1. The van der Waals surface area contributed by atoms with Crippen molar-refractivity contribution >= 4 is 17.7 Å². The molecule has 1 aliphatic heterocycles. The summed E-state index contributed by atoms with van der Waals surface area (Å²) in [5.74, 6) is -1.06. The predicted octanol–water partition coefficient (Wildman–Crippen LogP) is 5.16. The lowest BCUT2D eigenvalue weighted by atomic mass is 9.90. The Morgan fingerprint density at radius 2 is 1.90 bits per heavy atom. The van der Waals surface area contributed by atoms with Gasteiger partial charge in [-0.25, -0.2) is 18.3 Å². The van der Waals surface area contributed by atoms with Gasteiger partial charge in [0.25, 0.3) is 0 Å². The van der Waals surface area contributed by atoms with Crippen molar-refractivity contribution in [3.63, 3.8) is 0 Å². The van der Waals surface area contributed by atoms with Gasteiger partial charge in [0.2, 0.25) is 5.92 Å². The number of alkyl halides is 2. The van der Waals surface area contributed by atoms with E-state index < -0.39 is 5.92 Å². The van der Waals surface area contributed by atoms with Crippen molar-refractivity contribution in [1.29, 1.82) is 0 Å². The molecule has 2 aromatic rings. The Hall–Kier alpha value is -1.61. The smallest absolute Gasteiger partial charge is 0.315 e. The highest BCUT2D eigenvalue weighted by Gasteiger charge is 2.30. The van der Waals surface area contributed by atoms with E-state index in [0.717, 1.165) is 50.2 Å². The Bertz CT molecular complexity index is 912. The molecule has 0 amide bonds. The second-order valence-electron chi connectivity index (χ2n) is 8.45. The third-order valence-electron chi connectivity index (χ3n) is 6.31. The van der Waals surface area contributed by atoms with Crippen molar-refractivity contribution in [2.45, 2.75) is 76.7 Å². The Kier molecular flexibility index (Phi) is 6.67. The number of halogens is 2. The quantitative estimate of drug-likeness (QED) is 0.601. The van der Waals surface area contributed by atoms with Crippen LogP contribution in [0.2, 0.25) is 0 Å². The van der Waals surface area contributed by atoms with Crippen molar-refractivity contribution in [2.75, 3.05) is 19.8 Å². The first kappa shape index (κ1) is 21.6. The van der Waals surface area contributed by atoms with E-state index in [1.54, 1.807) is 6.20 Å². The number of imidazole rings is 1. The molecule has 0 atom stereocenters. The fraction of sp³-hybridized carbons (Fsp3) is 0.762. The first-order valence-corrected chi connectivity index (χ1v) is 11.5. The lowest BCUT2D eigenvalue weighted by Gasteiger charge is -2.25. The van der Waals surface area contributed by atoms with Gasteiger partial charge in [-0.2, -0.15) is 0 Å². The minimum absolute atomic E-state index is 0.0253. The molecule has 0 bridgehead atoms. The molecule has 9 heteroatoms. The largest absolute Gasteiger partial charge is 0.463 e. The van der Waals surface area contributed by atoms with Gasteiger partial charge in [0, 0.05) is 38.5 Å². The summed E-state index contributed by atoms with van der Waals surface area (Å²) in [6, 6.07) is 0.480. The lowest BCUT2D eigenvalue weighted by molar-refractivity contribution is -0.0287. The molecule has 4 rings (SSSR count). The van der Waals surface area contributed by atoms with Crippen LogP contribution in [0.5, 0.6) is 6.01 Å². The molecule has 30 heavy (non-hydrogen) atoms.